The predicted molar refractivity (Wildman–Crippen MR) is 69.7 cm³/mol. The number of aromatic nitrogens is 2. The molecule has 0 aromatic carbocycles. The van der Waals surface area contributed by atoms with Gasteiger partial charge in [0.1, 0.15) is 17.8 Å². The van der Waals surface area contributed by atoms with Crippen molar-refractivity contribution in [2.24, 2.45) is 0 Å². The van der Waals surface area contributed by atoms with Crippen LogP contribution >= 0.6 is 22.6 Å². The van der Waals surface area contributed by atoms with Crippen LogP contribution in [0.25, 0.3) is 0 Å². The summed E-state index contributed by atoms with van der Waals surface area (Å²) in [6, 6.07) is 0. The van der Waals surface area contributed by atoms with E-state index in [2.05, 4.69) is 4.98 Å². The van der Waals surface area contributed by atoms with Gasteiger partial charge in [-0.25, -0.2) is 4.79 Å². The van der Waals surface area contributed by atoms with Gasteiger partial charge in [0, 0.05) is 6.20 Å². The van der Waals surface area contributed by atoms with Crippen molar-refractivity contribution in [3.63, 3.8) is 0 Å². The fourth-order valence-corrected chi connectivity index (χ4v) is 2.84. The highest BCUT2D eigenvalue weighted by molar-refractivity contribution is 14.1. The topological polar surface area (TPSA) is 114 Å². The number of hydrogen-bond acceptors (Lipinski definition) is 6. The Morgan fingerprint density at radius 3 is 2.95 bits per heavy atom. The van der Waals surface area contributed by atoms with Crippen LogP contribution in [0.2, 0.25) is 0 Å². The average Bonchev–Trinajstić information content (AvgIpc) is 2.85. The van der Waals surface area contributed by atoms with Gasteiger partial charge < -0.3 is 19.7 Å². The summed E-state index contributed by atoms with van der Waals surface area (Å²) in [5.41, 5.74) is -2.33. The molecule has 1 aromatic rings. The molecule has 0 aliphatic carbocycles. The normalized spacial score (nSPS) is 36.9. The van der Waals surface area contributed by atoms with Crippen LogP contribution in [-0.2, 0) is 9.47 Å². The third-order valence-corrected chi connectivity index (χ3v) is 4.24. The molecule has 2 bridgehead atoms. The Bertz CT molecular complexity index is 627. The van der Waals surface area contributed by atoms with Crippen molar-refractivity contribution < 1.29 is 19.7 Å². The molecule has 9 heteroatoms. The molecule has 2 fully saturated rings. The zero-order valence-corrected chi connectivity index (χ0v) is 11.7. The first-order valence-corrected chi connectivity index (χ1v) is 6.66. The number of aliphatic hydroxyl groups excluding tert-OH is 2. The maximum atomic E-state index is 11.8. The summed E-state index contributed by atoms with van der Waals surface area (Å²) in [7, 11) is 0. The number of rotatable bonds is 2. The minimum absolute atomic E-state index is 0.0705. The minimum atomic E-state index is -1.20. The monoisotopic (exact) mass is 382 g/mol. The van der Waals surface area contributed by atoms with Crippen LogP contribution in [0.4, 0.5) is 0 Å². The van der Waals surface area contributed by atoms with Gasteiger partial charge in [0.2, 0.25) is 0 Å². The van der Waals surface area contributed by atoms with Crippen LogP contribution < -0.4 is 11.2 Å². The lowest BCUT2D eigenvalue weighted by atomic mass is 10.0. The third-order valence-electron chi connectivity index (χ3n) is 3.47. The van der Waals surface area contributed by atoms with Crippen molar-refractivity contribution in [3.05, 3.63) is 30.6 Å². The van der Waals surface area contributed by atoms with Gasteiger partial charge >= 0.3 is 5.69 Å². The number of aromatic amines is 1. The Morgan fingerprint density at radius 1 is 1.58 bits per heavy atom. The maximum absolute atomic E-state index is 11.8. The molecule has 8 nitrogen and oxygen atoms in total. The first-order valence-electron chi connectivity index (χ1n) is 5.58. The van der Waals surface area contributed by atoms with Crippen LogP contribution in [0.1, 0.15) is 6.23 Å². The highest BCUT2D eigenvalue weighted by atomic mass is 127. The standard InChI is InChI=1S/C10H11IN2O6/c11-4-1-13(9(17)12-7(4)16)8-5-6(15)10(2-14,19-8)3-18-5/h1,5-6,8,14-15H,2-3H2,(H,12,16,17)/t5-,6?,8-,10-/m1/s1. The van der Waals surface area contributed by atoms with Gasteiger partial charge in [-0.05, 0) is 22.6 Å². The number of fused-ring (bicyclic) bond motifs is 2. The molecule has 0 radical (unpaired) electrons. The van der Waals surface area contributed by atoms with Gasteiger partial charge in [0.25, 0.3) is 5.56 Å². The highest BCUT2D eigenvalue weighted by Crippen LogP contribution is 2.44. The number of nitrogens with one attached hydrogen (secondary N) is 1. The molecule has 19 heavy (non-hydrogen) atoms. The fourth-order valence-electron chi connectivity index (χ4n) is 2.40. The molecule has 0 amide bonds. The van der Waals surface area contributed by atoms with Gasteiger partial charge in [-0.2, -0.15) is 0 Å². The second-order valence-corrected chi connectivity index (χ2v) is 5.76. The first-order chi connectivity index (χ1) is 8.98. The lowest BCUT2D eigenvalue weighted by Gasteiger charge is -2.29. The van der Waals surface area contributed by atoms with Gasteiger partial charge in [0.15, 0.2) is 6.23 Å². The van der Waals surface area contributed by atoms with E-state index in [0.717, 1.165) is 4.57 Å². The molecule has 2 aliphatic rings. The lowest BCUT2D eigenvalue weighted by Crippen LogP contribution is -2.44. The molecule has 2 saturated heterocycles. The van der Waals surface area contributed by atoms with E-state index in [0.29, 0.717) is 3.57 Å². The van der Waals surface area contributed by atoms with E-state index >= 15 is 0 Å². The Kier molecular flexibility index (Phi) is 3.05. The van der Waals surface area contributed by atoms with E-state index in [1.165, 1.54) is 6.20 Å². The zero-order chi connectivity index (χ0) is 13.8. The largest absolute Gasteiger partial charge is 0.393 e. The van der Waals surface area contributed by atoms with E-state index in [-0.39, 0.29) is 6.61 Å². The molecule has 104 valence electrons. The van der Waals surface area contributed by atoms with Crippen LogP contribution in [0.15, 0.2) is 15.8 Å². The number of H-pyrrole nitrogens is 1. The van der Waals surface area contributed by atoms with E-state index in [1.54, 1.807) is 22.6 Å². The summed E-state index contributed by atoms with van der Waals surface area (Å²) in [5, 5.41) is 19.4. The van der Waals surface area contributed by atoms with E-state index in [9.17, 15) is 19.8 Å². The summed E-state index contributed by atoms with van der Waals surface area (Å²) in [4.78, 5) is 25.2. The number of nitrogens with zero attached hydrogens (tertiary/aromatic N) is 1. The summed E-state index contributed by atoms with van der Waals surface area (Å²) in [6.07, 6.45) is -1.28. The third kappa shape index (κ3) is 1.80. The second kappa shape index (κ2) is 4.38. The number of halogens is 1. The summed E-state index contributed by atoms with van der Waals surface area (Å²) < 4.78 is 12.4. The molecule has 2 aliphatic heterocycles. The van der Waals surface area contributed by atoms with Crippen molar-refractivity contribution in [1.29, 1.82) is 0 Å². The van der Waals surface area contributed by atoms with Crippen molar-refractivity contribution in [2.45, 2.75) is 24.0 Å². The Balaban J connectivity index is 2.04. The summed E-state index contributed by atoms with van der Waals surface area (Å²) >= 11 is 1.79. The highest BCUT2D eigenvalue weighted by Gasteiger charge is 2.61. The Hall–Kier alpha value is -0.750. The van der Waals surface area contributed by atoms with Crippen LogP contribution in [0.5, 0.6) is 0 Å². The molecular formula is C10H11IN2O6. The van der Waals surface area contributed by atoms with E-state index < -0.39 is 41.9 Å². The summed E-state index contributed by atoms with van der Waals surface area (Å²) in [5.74, 6) is 0. The minimum Gasteiger partial charge on any atom is -0.393 e. The zero-order valence-electron chi connectivity index (χ0n) is 9.58. The molecule has 1 unspecified atom stereocenters. The summed E-state index contributed by atoms with van der Waals surface area (Å²) in [6.45, 7) is -0.336. The van der Waals surface area contributed by atoms with E-state index in [1.807, 2.05) is 0 Å². The van der Waals surface area contributed by atoms with Crippen LogP contribution in [0.3, 0.4) is 0 Å². The van der Waals surface area contributed by atoms with Gasteiger partial charge in [0.05, 0.1) is 16.8 Å². The number of ether oxygens (including phenoxy) is 2. The molecule has 3 rings (SSSR count). The Morgan fingerprint density at radius 2 is 2.32 bits per heavy atom. The van der Waals surface area contributed by atoms with Gasteiger partial charge in [-0.3, -0.25) is 14.3 Å². The van der Waals surface area contributed by atoms with Crippen molar-refractivity contribution >= 4 is 22.6 Å². The van der Waals surface area contributed by atoms with Crippen molar-refractivity contribution in [2.75, 3.05) is 13.2 Å². The Labute approximate surface area is 120 Å². The van der Waals surface area contributed by atoms with Gasteiger partial charge in [-0.1, -0.05) is 0 Å². The molecule has 3 heterocycles. The smallest absolute Gasteiger partial charge is 0.330 e. The second-order valence-electron chi connectivity index (χ2n) is 4.60. The fraction of sp³-hybridized carbons (Fsp3) is 0.600. The van der Waals surface area contributed by atoms with Crippen LogP contribution in [-0.4, -0.2) is 50.8 Å². The van der Waals surface area contributed by atoms with Crippen molar-refractivity contribution in [1.82, 2.24) is 9.55 Å². The molecular weight excluding hydrogens is 371 g/mol. The molecule has 0 saturated carbocycles. The predicted octanol–water partition coefficient (Wildman–Crippen LogP) is -1.84. The molecule has 4 atom stereocenters. The number of aliphatic hydroxyl groups is 2. The number of hydrogen-bond donors (Lipinski definition) is 3. The van der Waals surface area contributed by atoms with Gasteiger partial charge in [-0.15, -0.1) is 0 Å². The maximum Gasteiger partial charge on any atom is 0.330 e. The quantitative estimate of drug-likeness (QED) is 0.519. The SMILES string of the molecule is O=c1[nH]c(=O)n([C@@H]2O[C@]3(CO)CO[C@@H]2C3O)cc1I. The molecule has 0 spiro atoms. The average molecular weight is 382 g/mol. The lowest BCUT2D eigenvalue weighted by molar-refractivity contribution is -0.187. The molecule has 1 aromatic heterocycles. The van der Waals surface area contributed by atoms with E-state index in [4.69, 9.17) is 9.47 Å². The molecule has 3 N–H and O–H groups in total. The van der Waals surface area contributed by atoms with Crippen LogP contribution in [0, 0.1) is 3.57 Å². The van der Waals surface area contributed by atoms with Crippen molar-refractivity contribution in [3.8, 4) is 0 Å². The first kappa shape index (κ1) is 13.2.